The van der Waals surface area contributed by atoms with Crippen molar-refractivity contribution in [2.45, 2.75) is 111 Å². The highest BCUT2D eigenvalue weighted by Gasteiger charge is 2.07. The minimum Gasteiger partial charge on any atom is -0.0654 e. The van der Waals surface area contributed by atoms with Crippen molar-refractivity contribution in [3.05, 3.63) is 0 Å². The second kappa shape index (κ2) is 15.1. The summed E-state index contributed by atoms with van der Waals surface area (Å²) in [4.78, 5) is 0. The van der Waals surface area contributed by atoms with Gasteiger partial charge in [-0.3, -0.25) is 0 Å². The Morgan fingerprint density at radius 3 is 1.33 bits per heavy atom. The average molecular weight is 255 g/mol. The first-order valence-electron chi connectivity index (χ1n) is 8.85. The SMILES string of the molecule is CCCCCCCCCC(CCCC)CCCC. The molecule has 0 saturated carbocycles. The molecule has 0 fully saturated rings. The van der Waals surface area contributed by atoms with Crippen molar-refractivity contribution in [1.82, 2.24) is 0 Å². The predicted molar refractivity (Wildman–Crippen MR) is 85.2 cm³/mol. The second-order valence-corrected chi connectivity index (χ2v) is 6.06. The molecule has 0 bridgehead atoms. The third-order valence-electron chi connectivity index (χ3n) is 4.15. The lowest BCUT2D eigenvalue weighted by Crippen LogP contribution is -2.01. The molecule has 0 heteroatoms. The first kappa shape index (κ1) is 18.0. The fraction of sp³-hybridized carbons (Fsp3) is 1.00. The van der Waals surface area contributed by atoms with E-state index in [4.69, 9.17) is 0 Å². The van der Waals surface area contributed by atoms with Crippen LogP contribution in [0.25, 0.3) is 0 Å². The van der Waals surface area contributed by atoms with Gasteiger partial charge >= 0.3 is 0 Å². The maximum absolute atomic E-state index is 2.32. The van der Waals surface area contributed by atoms with Crippen LogP contribution in [0.3, 0.4) is 0 Å². The van der Waals surface area contributed by atoms with Crippen molar-refractivity contribution in [2.24, 2.45) is 5.92 Å². The molecule has 0 nitrogen and oxygen atoms in total. The van der Waals surface area contributed by atoms with Gasteiger partial charge in [0.05, 0.1) is 0 Å². The van der Waals surface area contributed by atoms with Crippen molar-refractivity contribution < 1.29 is 0 Å². The van der Waals surface area contributed by atoms with E-state index in [2.05, 4.69) is 20.8 Å². The van der Waals surface area contributed by atoms with Crippen LogP contribution in [0.15, 0.2) is 0 Å². The quantitative estimate of drug-likeness (QED) is 0.289. The fourth-order valence-electron chi connectivity index (χ4n) is 2.81. The van der Waals surface area contributed by atoms with Crippen LogP contribution >= 0.6 is 0 Å². The molecular formula is C18H38. The predicted octanol–water partition coefficient (Wildman–Crippen LogP) is 7.12. The van der Waals surface area contributed by atoms with Crippen molar-refractivity contribution in [2.75, 3.05) is 0 Å². The zero-order valence-electron chi connectivity index (χ0n) is 13.5. The third-order valence-corrected chi connectivity index (χ3v) is 4.15. The van der Waals surface area contributed by atoms with E-state index in [1.165, 1.54) is 89.9 Å². The molecule has 0 aromatic heterocycles. The van der Waals surface area contributed by atoms with E-state index >= 15 is 0 Å². The molecule has 0 unspecified atom stereocenters. The Balaban J connectivity index is 3.43. The first-order valence-corrected chi connectivity index (χ1v) is 8.85. The summed E-state index contributed by atoms with van der Waals surface area (Å²) in [6, 6.07) is 0. The van der Waals surface area contributed by atoms with Gasteiger partial charge in [0, 0.05) is 0 Å². The summed E-state index contributed by atoms with van der Waals surface area (Å²) in [5, 5.41) is 0. The first-order chi connectivity index (χ1) is 8.85. The number of hydrogen-bond acceptors (Lipinski definition) is 0. The molecule has 0 atom stereocenters. The van der Waals surface area contributed by atoms with Crippen LogP contribution in [0.4, 0.5) is 0 Å². The summed E-state index contributed by atoms with van der Waals surface area (Å²) < 4.78 is 0. The van der Waals surface area contributed by atoms with Gasteiger partial charge in [0.2, 0.25) is 0 Å². The minimum atomic E-state index is 1.04. The molecule has 0 aliphatic heterocycles. The number of rotatable bonds is 14. The number of hydrogen-bond donors (Lipinski definition) is 0. The van der Waals surface area contributed by atoms with Crippen LogP contribution in [0.1, 0.15) is 111 Å². The maximum atomic E-state index is 2.32. The van der Waals surface area contributed by atoms with Gasteiger partial charge in [0.15, 0.2) is 0 Å². The smallest absolute Gasteiger partial charge is 0.0414 e. The van der Waals surface area contributed by atoms with Crippen LogP contribution in [0.5, 0.6) is 0 Å². The second-order valence-electron chi connectivity index (χ2n) is 6.06. The van der Waals surface area contributed by atoms with E-state index < -0.39 is 0 Å². The highest BCUT2D eigenvalue weighted by atomic mass is 14.1. The fourth-order valence-corrected chi connectivity index (χ4v) is 2.81. The summed E-state index contributed by atoms with van der Waals surface area (Å²) in [6.07, 6.45) is 20.3. The monoisotopic (exact) mass is 254 g/mol. The molecule has 18 heavy (non-hydrogen) atoms. The Morgan fingerprint density at radius 1 is 0.444 bits per heavy atom. The van der Waals surface area contributed by atoms with Gasteiger partial charge in [-0.15, -0.1) is 0 Å². The lowest BCUT2D eigenvalue weighted by Gasteiger charge is -2.16. The highest BCUT2D eigenvalue weighted by molar-refractivity contribution is 4.60. The van der Waals surface area contributed by atoms with Crippen molar-refractivity contribution in [1.29, 1.82) is 0 Å². The molecule has 0 spiro atoms. The summed E-state index contributed by atoms with van der Waals surface area (Å²) in [5.41, 5.74) is 0. The Labute approximate surface area is 117 Å². The van der Waals surface area contributed by atoms with Gasteiger partial charge in [-0.1, -0.05) is 111 Å². The van der Waals surface area contributed by atoms with E-state index in [9.17, 15) is 0 Å². The van der Waals surface area contributed by atoms with Crippen molar-refractivity contribution in [3.8, 4) is 0 Å². The maximum Gasteiger partial charge on any atom is -0.0414 e. The van der Waals surface area contributed by atoms with Gasteiger partial charge in [-0.05, 0) is 5.92 Å². The van der Waals surface area contributed by atoms with Crippen molar-refractivity contribution in [3.63, 3.8) is 0 Å². The Morgan fingerprint density at radius 2 is 0.833 bits per heavy atom. The summed E-state index contributed by atoms with van der Waals surface area (Å²) >= 11 is 0. The summed E-state index contributed by atoms with van der Waals surface area (Å²) in [5.74, 6) is 1.04. The van der Waals surface area contributed by atoms with Gasteiger partial charge in [-0.25, -0.2) is 0 Å². The largest absolute Gasteiger partial charge is 0.0654 e. The van der Waals surface area contributed by atoms with Gasteiger partial charge < -0.3 is 0 Å². The molecule has 0 aromatic carbocycles. The molecular weight excluding hydrogens is 216 g/mol. The van der Waals surface area contributed by atoms with Gasteiger partial charge in [0.1, 0.15) is 0 Å². The number of unbranched alkanes of at least 4 members (excludes halogenated alkanes) is 8. The summed E-state index contributed by atoms with van der Waals surface area (Å²) in [6.45, 7) is 6.95. The topological polar surface area (TPSA) is 0 Å². The molecule has 0 aliphatic rings. The van der Waals surface area contributed by atoms with Crippen LogP contribution in [-0.4, -0.2) is 0 Å². The van der Waals surface area contributed by atoms with Gasteiger partial charge in [0.25, 0.3) is 0 Å². The zero-order chi connectivity index (χ0) is 13.5. The van der Waals surface area contributed by atoms with Crippen molar-refractivity contribution >= 4 is 0 Å². The van der Waals surface area contributed by atoms with E-state index in [0.717, 1.165) is 5.92 Å². The standard InChI is InChI=1S/C18H38/c1-4-7-10-11-12-13-14-17-18(15-8-5-2)16-9-6-3/h18H,4-17H2,1-3H3. The van der Waals surface area contributed by atoms with E-state index in [0.29, 0.717) is 0 Å². The molecule has 0 rings (SSSR count). The highest BCUT2D eigenvalue weighted by Crippen LogP contribution is 2.22. The lowest BCUT2D eigenvalue weighted by molar-refractivity contribution is 0.376. The van der Waals surface area contributed by atoms with E-state index in [1.54, 1.807) is 0 Å². The van der Waals surface area contributed by atoms with Crippen LogP contribution < -0.4 is 0 Å². The Kier molecular flexibility index (Phi) is 15.1. The van der Waals surface area contributed by atoms with Crippen LogP contribution in [0, 0.1) is 5.92 Å². The Hall–Kier alpha value is 0. The summed E-state index contributed by atoms with van der Waals surface area (Å²) in [7, 11) is 0. The van der Waals surface area contributed by atoms with Crippen LogP contribution in [-0.2, 0) is 0 Å². The van der Waals surface area contributed by atoms with Gasteiger partial charge in [-0.2, -0.15) is 0 Å². The third kappa shape index (κ3) is 12.5. The molecule has 0 radical (unpaired) electrons. The molecule has 0 aliphatic carbocycles. The molecule has 0 amide bonds. The molecule has 0 saturated heterocycles. The van der Waals surface area contributed by atoms with E-state index in [-0.39, 0.29) is 0 Å². The molecule has 110 valence electrons. The lowest BCUT2D eigenvalue weighted by atomic mass is 9.90. The van der Waals surface area contributed by atoms with Crippen LogP contribution in [0.2, 0.25) is 0 Å². The molecule has 0 N–H and O–H groups in total. The Bertz CT molecular complexity index is 131. The average Bonchev–Trinajstić information content (AvgIpc) is 2.40. The molecule has 0 aromatic rings. The molecule has 0 heterocycles. The minimum absolute atomic E-state index is 1.04. The normalized spacial score (nSPS) is 11.3. The zero-order valence-corrected chi connectivity index (χ0v) is 13.5. The van der Waals surface area contributed by atoms with E-state index in [1.807, 2.05) is 0 Å².